The third-order valence-electron chi connectivity index (χ3n) is 3.46. The molecular weight excluding hydrogens is 284 g/mol. The molecule has 2 rings (SSSR count). The van der Waals surface area contributed by atoms with Crippen molar-refractivity contribution in [3.05, 3.63) is 12.7 Å². The maximum atomic E-state index is 11.7. The fraction of sp³-hybridized carbons (Fsp3) is 0.538. The summed E-state index contributed by atoms with van der Waals surface area (Å²) in [6.45, 7) is 2.66. The molecule has 1 aliphatic carbocycles. The molecule has 0 aromatic carbocycles. The molecule has 0 N–H and O–H groups in total. The normalized spacial score (nSPS) is 30.0. The molecular formula is C13H14O8. The molecule has 8 nitrogen and oxygen atoms in total. The molecule has 114 valence electrons. The summed E-state index contributed by atoms with van der Waals surface area (Å²) >= 11 is 0. The third-order valence-corrected chi connectivity index (χ3v) is 3.46. The van der Waals surface area contributed by atoms with Crippen LogP contribution >= 0.6 is 0 Å². The SMILES string of the molecule is C=CC(=O)OCC(=O)OC1(OC=O)CCC2CC1OC2=O. The van der Waals surface area contributed by atoms with Crippen LogP contribution < -0.4 is 0 Å². The second-order valence-electron chi connectivity index (χ2n) is 4.71. The van der Waals surface area contributed by atoms with Crippen molar-refractivity contribution in [3.8, 4) is 0 Å². The van der Waals surface area contributed by atoms with Crippen molar-refractivity contribution in [2.45, 2.75) is 31.2 Å². The minimum atomic E-state index is -1.65. The minimum Gasteiger partial charge on any atom is -0.454 e. The molecule has 1 saturated carbocycles. The zero-order valence-electron chi connectivity index (χ0n) is 11.1. The number of hydrogen-bond acceptors (Lipinski definition) is 8. The van der Waals surface area contributed by atoms with E-state index in [4.69, 9.17) is 14.2 Å². The molecule has 2 aliphatic rings. The van der Waals surface area contributed by atoms with E-state index < -0.39 is 36.4 Å². The molecule has 1 heterocycles. The Balaban J connectivity index is 2.03. The lowest BCUT2D eigenvalue weighted by atomic mass is 9.85. The van der Waals surface area contributed by atoms with E-state index in [2.05, 4.69) is 11.3 Å². The zero-order valence-corrected chi connectivity index (χ0v) is 11.1. The van der Waals surface area contributed by atoms with Gasteiger partial charge < -0.3 is 18.9 Å². The van der Waals surface area contributed by atoms with Crippen LogP contribution in [-0.2, 0) is 38.1 Å². The number of esters is 3. The molecule has 2 fully saturated rings. The first-order chi connectivity index (χ1) is 10.0. The van der Waals surface area contributed by atoms with Gasteiger partial charge in [-0.25, -0.2) is 9.59 Å². The lowest BCUT2D eigenvalue weighted by Gasteiger charge is -2.36. The number of fused-ring (bicyclic) bond motifs is 2. The summed E-state index contributed by atoms with van der Waals surface area (Å²) in [4.78, 5) is 44.8. The highest BCUT2D eigenvalue weighted by Gasteiger charge is 2.57. The average molecular weight is 298 g/mol. The summed E-state index contributed by atoms with van der Waals surface area (Å²) < 4.78 is 19.6. The van der Waals surface area contributed by atoms with E-state index in [-0.39, 0.29) is 18.8 Å². The second-order valence-corrected chi connectivity index (χ2v) is 4.71. The third kappa shape index (κ3) is 3.04. The van der Waals surface area contributed by atoms with Gasteiger partial charge in [-0.1, -0.05) is 6.58 Å². The Labute approximate surface area is 120 Å². The van der Waals surface area contributed by atoms with E-state index in [1.54, 1.807) is 0 Å². The molecule has 0 amide bonds. The van der Waals surface area contributed by atoms with Crippen molar-refractivity contribution in [2.24, 2.45) is 5.92 Å². The van der Waals surface area contributed by atoms with Crippen LogP contribution in [0, 0.1) is 5.92 Å². The minimum absolute atomic E-state index is 0.134. The number of rotatable bonds is 6. The number of hydrogen-bond donors (Lipinski definition) is 0. The molecule has 3 unspecified atom stereocenters. The summed E-state index contributed by atoms with van der Waals surface area (Å²) in [6, 6.07) is 0. The van der Waals surface area contributed by atoms with E-state index in [1.165, 1.54) is 0 Å². The molecule has 21 heavy (non-hydrogen) atoms. The number of carbonyl (C=O) groups excluding carboxylic acids is 4. The van der Waals surface area contributed by atoms with Gasteiger partial charge in [0, 0.05) is 18.9 Å². The van der Waals surface area contributed by atoms with E-state index in [1.807, 2.05) is 0 Å². The Morgan fingerprint density at radius 3 is 2.90 bits per heavy atom. The maximum absolute atomic E-state index is 11.7. The topological polar surface area (TPSA) is 105 Å². The predicted octanol–water partition coefficient (Wildman–Crippen LogP) is -0.146. The van der Waals surface area contributed by atoms with Crippen molar-refractivity contribution in [3.63, 3.8) is 0 Å². The van der Waals surface area contributed by atoms with Crippen molar-refractivity contribution in [2.75, 3.05) is 6.61 Å². The van der Waals surface area contributed by atoms with Crippen molar-refractivity contribution >= 4 is 24.4 Å². The Hall–Kier alpha value is -2.38. The van der Waals surface area contributed by atoms with Crippen molar-refractivity contribution in [1.82, 2.24) is 0 Å². The van der Waals surface area contributed by atoms with Crippen LogP contribution in [0.25, 0.3) is 0 Å². The first-order valence-corrected chi connectivity index (χ1v) is 6.33. The van der Waals surface area contributed by atoms with Gasteiger partial charge in [0.2, 0.25) is 0 Å². The lowest BCUT2D eigenvalue weighted by molar-refractivity contribution is -0.260. The maximum Gasteiger partial charge on any atom is 0.347 e. The van der Waals surface area contributed by atoms with Gasteiger partial charge in [0.25, 0.3) is 12.3 Å². The molecule has 1 aliphatic heterocycles. The van der Waals surface area contributed by atoms with Crippen LogP contribution in [0.1, 0.15) is 19.3 Å². The number of ether oxygens (including phenoxy) is 4. The van der Waals surface area contributed by atoms with Gasteiger partial charge in [-0.15, -0.1) is 0 Å². The summed E-state index contributed by atoms with van der Waals surface area (Å²) in [6.07, 6.45) is 0.894. The highest BCUT2D eigenvalue weighted by Crippen LogP contribution is 2.43. The van der Waals surface area contributed by atoms with E-state index >= 15 is 0 Å². The molecule has 3 atom stereocenters. The second kappa shape index (κ2) is 5.94. The first-order valence-electron chi connectivity index (χ1n) is 6.33. The fourth-order valence-corrected chi connectivity index (χ4v) is 2.45. The summed E-state index contributed by atoms with van der Waals surface area (Å²) in [5, 5.41) is 0. The van der Waals surface area contributed by atoms with E-state index in [9.17, 15) is 19.2 Å². The van der Waals surface area contributed by atoms with Crippen LogP contribution in [-0.4, -0.2) is 42.9 Å². The summed E-state index contributed by atoms with van der Waals surface area (Å²) in [5.41, 5.74) is 0. The molecule has 0 aromatic heterocycles. The Kier molecular flexibility index (Phi) is 4.25. The number of carbonyl (C=O) groups is 4. The summed E-state index contributed by atoms with van der Waals surface area (Å²) in [7, 11) is 0. The average Bonchev–Trinajstić information content (AvgIpc) is 2.79. The van der Waals surface area contributed by atoms with Gasteiger partial charge >= 0.3 is 17.9 Å². The lowest BCUT2D eigenvalue weighted by Crippen LogP contribution is -2.50. The van der Waals surface area contributed by atoms with Gasteiger partial charge in [0.05, 0.1) is 5.92 Å². The van der Waals surface area contributed by atoms with Crippen LogP contribution in [0.15, 0.2) is 12.7 Å². The fourth-order valence-electron chi connectivity index (χ4n) is 2.45. The zero-order chi connectivity index (χ0) is 15.5. The Morgan fingerprint density at radius 2 is 2.24 bits per heavy atom. The van der Waals surface area contributed by atoms with Crippen LogP contribution in [0.2, 0.25) is 0 Å². The standard InChI is InChI=1S/C13H14O8/c1-2-10(15)18-6-11(16)21-13(19-7-14)4-3-8-5-9(13)20-12(8)17/h2,7-9H,1,3-6H2. The highest BCUT2D eigenvalue weighted by atomic mass is 16.8. The van der Waals surface area contributed by atoms with Crippen molar-refractivity contribution in [1.29, 1.82) is 0 Å². The molecule has 0 spiro atoms. The molecule has 0 radical (unpaired) electrons. The Bertz CT molecular complexity index is 485. The van der Waals surface area contributed by atoms with Gasteiger partial charge in [0.15, 0.2) is 12.7 Å². The monoisotopic (exact) mass is 298 g/mol. The van der Waals surface area contributed by atoms with Gasteiger partial charge in [0.1, 0.15) is 0 Å². The molecule has 2 bridgehead atoms. The van der Waals surface area contributed by atoms with E-state index in [0.29, 0.717) is 12.8 Å². The first kappa shape index (κ1) is 15.0. The van der Waals surface area contributed by atoms with Crippen LogP contribution in [0.5, 0.6) is 0 Å². The largest absolute Gasteiger partial charge is 0.454 e. The predicted molar refractivity (Wildman–Crippen MR) is 64.3 cm³/mol. The Morgan fingerprint density at radius 1 is 1.48 bits per heavy atom. The van der Waals surface area contributed by atoms with Gasteiger partial charge in [-0.05, 0) is 6.42 Å². The molecule has 1 saturated heterocycles. The summed E-state index contributed by atoms with van der Waals surface area (Å²) in [5.74, 6) is -4.01. The highest BCUT2D eigenvalue weighted by molar-refractivity contribution is 5.83. The van der Waals surface area contributed by atoms with Crippen LogP contribution in [0.3, 0.4) is 0 Å². The van der Waals surface area contributed by atoms with Crippen LogP contribution in [0.4, 0.5) is 0 Å². The van der Waals surface area contributed by atoms with Gasteiger partial charge in [-0.3, -0.25) is 9.59 Å². The molecule has 8 heteroatoms. The molecule has 0 aromatic rings. The van der Waals surface area contributed by atoms with Gasteiger partial charge in [-0.2, -0.15) is 0 Å². The van der Waals surface area contributed by atoms with E-state index in [0.717, 1.165) is 6.08 Å². The smallest absolute Gasteiger partial charge is 0.347 e. The van der Waals surface area contributed by atoms with Crippen molar-refractivity contribution < 1.29 is 38.1 Å². The quantitative estimate of drug-likeness (QED) is 0.219.